The second-order valence-corrected chi connectivity index (χ2v) is 12.4. The maximum absolute atomic E-state index is 11.4. The SMILES string of the molecule is CCCCCCCCCCCC[n+]1csc(CCO)c1C.O=S(=O)([N-]S(=O)(=O)C(F)(F)F)C(F)(F)F. The molecule has 0 aliphatic heterocycles. The molecule has 0 radical (unpaired) electrons. The number of hydrogen-bond acceptors (Lipinski definition) is 6. The molecule has 7 nitrogen and oxygen atoms in total. The molecule has 0 amide bonds. The molecule has 1 aromatic heterocycles. The van der Waals surface area contributed by atoms with Gasteiger partial charge in [-0.05, 0) is 6.42 Å². The van der Waals surface area contributed by atoms with E-state index in [-0.39, 0.29) is 6.61 Å². The zero-order valence-electron chi connectivity index (χ0n) is 20.2. The summed E-state index contributed by atoms with van der Waals surface area (Å²) in [6.45, 7) is 5.86. The first-order valence-corrected chi connectivity index (χ1v) is 15.2. The van der Waals surface area contributed by atoms with Crippen molar-refractivity contribution < 1.29 is 52.9 Å². The minimum absolute atomic E-state index is 0.264. The molecule has 0 unspecified atom stereocenters. The lowest BCUT2D eigenvalue weighted by molar-refractivity contribution is -0.698. The van der Waals surface area contributed by atoms with Crippen LogP contribution in [0.3, 0.4) is 0 Å². The van der Waals surface area contributed by atoms with E-state index in [9.17, 15) is 43.2 Å². The van der Waals surface area contributed by atoms with Crippen molar-refractivity contribution in [2.45, 2.75) is 102 Å². The molecular weight excluding hydrogens is 558 g/mol. The monoisotopic (exact) mass is 592 g/mol. The molecule has 1 rings (SSSR count). The highest BCUT2D eigenvalue weighted by atomic mass is 32.3. The molecule has 36 heavy (non-hydrogen) atoms. The van der Waals surface area contributed by atoms with E-state index in [1.54, 1.807) is 11.3 Å². The molecule has 1 N–H and O–H groups in total. The summed E-state index contributed by atoms with van der Waals surface area (Å²) in [5, 5.41) is 9.02. The van der Waals surface area contributed by atoms with Crippen LogP contribution in [0, 0.1) is 6.92 Å². The topological polar surface area (TPSA) is 106 Å². The predicted molar refractivity (Wildman–Crippen MR) is 125 cm³/mol. The summed E-state index contributed by atoms with van der Waals surface area (Å²) < 4.78 is 112. The second-order valence-electron chi connectivity index (χ2n) is 8.00. The molecule has 0 bridgehead atoms. The van der Waals surface area contributed by atoms with Gasteiger partial charge in [-0.3, -0.25) is 0 Å². The van der Waals surface area contributed by atoms with Crippen LogP contribution < -0.4 is 4.57 Å². The van der Waals surface area contributed by atoms with Crippen molar-refractivity contribution in [3.8, 4) is 0 Å². The molecule has 214 valence electrons. The third-order valence-corrected chi connectivity index (χ3v) is 8.91. The summed E-state index contributed by atoms with van der Waals surface area (Å²) >= 11 is 1.79. The first kappa shape index (κ1) is 35.0. The van der Waals surface area contributed by atoms with Gasteiger partial charge in [0.15, 0.2) is 25.7 Å². The third kappa shape index (κ3) is 13.0. The summed E-state index contributed by atoms with van der Waals surface area (Å²) in [6, 6.07) is 0. The summed E-state index contributed by atoms with van der Waals surface area (Å²) in [5.74, 6) is 0. The van der Waals surface area contributed by atoms with E-state index in [2.05, 4.69) is 23.9 Å². The van der Waals surface area contributed by atoms with Crippen molar-refractivity contribution in [3.05, 3.63) is 20.2 Å². The van der Waals surface area contributed by atoms with Gasteiger partial charge in [0.25, 0.3) is 0 Å². The van der Waals surface area contributed by atoms with Crippen LogP contribution in [0.2, 0.25) is 0 Å². The van der Waals surface area contributed by atoms with E-state index in [1.165, 1.54) is 74.8 Å². The van der Waals surface area contributed by atoms with Gasteiger partial charge in [-0.2, -0.15) is 30.9 Å². The second kappa shape index (κ2) is 16.1. The van der Waals surface area contributed by atoms with Gasteiger partial charge in [0.05, 0.1) is 4.88 Å². The zero-order valence-corrected chi connectivity index (χ0v) is 22.7. The Balaban J connectivity index is 0.000000723. The van der Waals surface area contributed by atoms with Crippen LogP contribution in [0.25, 0.3) is 4.13 Å². The van der Waals surface area contributed by atoms with E-state index in [0.717, 1.165) is 17.1 Å². The van der Waals surface area contributed by atoms with Crippen LogP contribution in [0.4, 0.5) is 26.3 Å². The summed E-state index contributed by atoms with van der Waals surface area (Å²) in [7, 11) is -13.4. The molecule has 0 atom stereocenters. The van der Waals surface area contributed by atoms with Gasteiger partial charge in [-0.15, -0.1) is 0 Å². The minimum Gasteiger partial charge on any atom is -0.421 e. The van der Waals surface area contributed by atoms with E-state index in [4.69, 9.17) is 5.11 Å². The van der Waals surface area contributed by atoms with Crippen molar-refractivity contribution in [2.24, 2.45) is 0 Å². The lowest BCUT2D eigenvalue weighted by atomic mass is 10.1. The van der Waals surface area contributed by atoms with E-state index >= 15 is 0 Å². The van der Waals surface area contributed by atoms with Gasteiger partial charge < -0.3 is 9.23 Å². The van der Waals surface area contributed by atoms with Crippen LogP contribution in [-0.2, 0) is 33.0 Å². The number of aliphatic hydroxyl groups excluding tert-OH is 1. The highest BCUT2D eigenvalue weighted by molar-refractivity contribution is 8.13. The van der Waals surface area contributed by atoms with Crippen molar-refractivity contribution in [3.63, 3.8) is 0 Å². The van der Waals surface area contributed by atoms with Gasteiger partial charge in [0, 0.05) is 26.4 Å². The lowest BCUT2D eigenvalue weighted by Crippen LogP contribution is -2.34. The number of aliphatic hydroxyl groups is 1. The Morgan fingerprint density at radius 2 is 1.25 bits per heavy atom. The predicted octanol–water partition coefficient (Wildman–Crippen LogP) is 5.86. The maximum Gasteiger partial charge on any atom is 0.480 e. The molecule has 0 aliphatic carbocycles. The Labute approximate surface area is 213 Å². The van der Waals surface area contributed by atoms with Crippen LogP contribution in [-0.4, -0.2) is 39.6 Å². The number of sulfonamides is 2. The molecule has 16 heteroatoms. The Morgan fingerprint density at radius 3 is 1.64 bits per heavy atom. The number of halogens is 6. The number of unbranched alkanes of at least 4 members (excludes halogenated alkanes) is 9. The van der Waals surface area contributed by atoms with Crippen molar-refractivity contribution in [2.75, 3.05) is 6.61 Å². The zero-order chi connectivity index (χ0) is 28.0. The smallest absolute Gasteiger partial charge is 0.421 e. The van der Waals surface area contributed by atoms with Crippen LogP contribution in [0.15, 0.2) is 5.51 Å². The Morgan fingerprint density at radius 1 is 0.833 bits per heavy atom. The van der Waals surface area contributed by atoms with E-state index in [1.807, 2.05) is 0 Å². The number of thiazole rings is 1. The number of nitrogens with zero attached hydrogens (tertiary/aromatic N) is 2. The van der Waals surface area contributed by atoms with E-state index in [0.29, 0.717) is 0 Å². The first-order chi connectivity index (χ1) is 16.5. The Kier molecular flexibility index (Phi) is 15.7. The molecule has 0 spiro atoms. The minimum atomic E-state index is -6.72. The largest absolute Gasteiger partial charge is 0.480 e. The average molecular weight is 593 g/mol. The van der Waals surface area contributed by atoms with Crippen molar-refractivity contribution in [1.82, 2.24) is 0 Å². The van der Waals surface area contributed by atoms with Gasteiger partial charge in [-0.1, -0.05) is 69.6 Å². The molecule has 1 heterocycles. The number of rotatable bonds is 15. The number of aryl methyl sites for hydroxylation is 1. The molecule has 0 aliphatic rings. The summed E-state index contributed by atoms with van der Waals surface area (Å²) in [5.41, 5.74) is -8.84. The van der Waals surface area contributed by atoms with Gasteiger partial charge >= 0.3 is 11.0 Å². The summed E-state index contributed by atoms with van der Waals surface area (Å²) in [4.78, 5) is 1.34. The quantitative estimate of drug-likeness (QED) is 0.156. The number of aromatic nitrogens is 1. The lowest BCUT2D eigenvalue weighted by Gasteiger charge is -2.22. The van der Waals surface area contributed by atoms with Crippen LogP contribution >= 0.6 is 11.3 Å². The van der Waals surface area contributed by atoms with Crippen molar-refractivity contribution >= 4 is 31.4 Å². The highest BCUT2D eigenvalue weighted by Gasteiger charge is 2.46. The maximum atomic E-state index is 11.4. The standard InChI is InChI=1S/C18H34NOS.C2F6NO4S2/c1-3-4-5-6-7-8-9-10-11-12-14-19-16-21-18(13-15-20)17(19)2;3-1(4,5)14(10,11)9-15(12,13)2(6,7)8/h16,20H,3-15H2,1-2H3;/q+1;-1. The Bertz CT molecular complexity index is 919. The van der Waals surface area contributed by atoms with Gasteiger partial charge in [0.2, 0.25) is 5.51 Å². The molecule has 0 fully saturated rings. The normalized spacial score (nSPS) is 12.9. The van der Waals surface area contributed by atoms with E-state index < -0.39 is 31.1 Å². The van der Waals surface area contributed by atoms with Crippen molar-refractivity contribution in [1.29, 1.82) is 0 Å². The van der Waals surface area contributed by atoms with Gasteiger partial charge in [0.1, 0.15) is 6.54 Å². The van der Waals surface area contributed by atoms with Gasteiger partial charge in [-0.25, -0.2) is 16.8 Å². The van der Waals surface area contributed by atoms with Crippen LogP contribution in [0.5, 0.6) is 0 Å². The summed E-state index contributed by atoms with van der Waals surface area (Å²) in [6.07, 6.45) is 14.7. The number of hydrogen-bond donors (Lipinski definition) is 1. The number of alkyl halides is 6. The fraction of sp³-hybridized carbons (Fsp3) is 0.850. The fourth-order valence-corrected chi connectivity index (χ4v) is 5.72. The Hall–Kier alpha value is -0.970. The highest BCUT2D eigenvalue weighted by Crippen LogP contribution is 2.36. The first-order valence-electron chi connectivity index (χ1n) is 11.4. The average Bonchev–Trinajstić information content (AvgIpc) is 3.07. The molecule has 0 aromatic carbocycles. The molecule has 0 saturated heterocycles. The van der Waals surface area contributed by atoms with Crippen LogP contribution in [0.1, 0.15) is 81.7 Å². The third-order valence-electron chi connectivity index (χ3n) is 5.03. The fourth-order valence-electron chi connectivity index (χ4n) is 3.00. The molecular formula is C20H34F6N2O5S3. The molecule has 1 aromatic rings. The molecule has 0 saturated carbocycles.